The van der Waals surface area contributed by atoms with Gasteiger partial charge in [0.05, 0.1) is 13.1 Å². The summed E-state index contributed by atoms with van der Waals surface area (Å²) in [4.78, 5) is 26.3. The lowest BCUT2D eigenvalue weighted by atomic mass is 10.1. The lowest BCUT2D eigenvalue weighted by Crippen LogP contribution is -2.48. The third-order valence-corrected chi connectivity index (χ3v) is 4.84. The Morgan fingerprint density at radius 1 is 1.18 bits per heavy atom. The molecule has 0 bridgehead atoms. The van der Waals surface area contributed by atoms with Crippen LogP contribution in [0, 0.1) is 0 Å². The zero-order valence-electron chi connectivity index (χ0n) is 18.3. The fourth-order valence-corrected chi connectivity index (χ4v) is 3.37. The van der Waals surface area contributed by atoms with E-state index in [1.165, 1.54) is 16.1 Å². The molecular weight excluding hydrogens is 434 g/mol. The molecule has 1 aliphatic heterocycles. The molecule has 2 aromatic carbocycles. The summed E-state index contributed by atoms with van der Waals surface area (Å²) >= 11 is 0. The molecule has 33 heavy (non-hydrogen) atoms. The van der Waals surface area contributed by atoms with Crippen LogP contribution in [-0.4, -0.2) is 37.8 Å². The number of benzene rings is 2. The van der Waals surface area contributed by atoms with Gasteiger partial charge in [-0.25, -0.2) is 14.8 Å². The number of carbonyl (C=O) groups is 2. The third-order valence-electron chi connectivity index (χ3n) is 4.84. The Bertz CT molecular complexity index is 1170. The number of hydrogen-bond donors (Lipinski definition) is 0. The molecule has 1 aliphatic rings. The van der Waals surface area contributed by atoms with Crippen LogP contribution in [0.5, 0.6) is 0 Å². The fraction of sp³-hybridized carbons (Fsp3) is 0.304. The molecule has 172 valence electrons. The van der Waals surface area contributed by atoms with Gasteiger partial charge in [-0.3, -0.25) is 4.79 Å². The average Bonchev–Trinajstić information content (AvgIpc) is 3.37. The van der Waals surface area contributed by atoms with Crippen molar-refractivity contribution in [1.82, 2.24) is 20.2 Å². The molecule has 0 spiro atoms. The largest absolute Gasteiger partial charge is 0.442 e. The molecule has 0 fully saturated rings. The number of carbonyl (C=O) groups excluding carboxylic acids is 2. The highest BCUT2D eigenvalue weighted by Gasteiger charge is 2.37. The van der Waals surface area contributed by atoms with E-state index >= 15 is 0 Å². The molecule has 4 rings (SSSR count). The minimum atomic E-state index is -2.89. The lowest BCUT2D eigenvalue weighted by Gasteiger charge is -2.33. The summed E-state index contributed by atoms with van der Waals surface area (Å²) in [6, 6.07) is 14.0. The molecule has 0 aliphatic carbocycles. The number of rotatable bonds is 5. The highest BCUT2D eigenvalue weighted by Crippen LogP contribution is 2.31. The predicted octanol–water partition coefficient (Wildman–Crippen LogP) is 4.98. The fourth-order valence-electron chi connectivity index (χ4n) is 3.37. The van der Waals surface area contributed by atoms with Gasteiger partial charge < -0.3 is 9.15 Å². The summed E-state index contributed by atoms with van der Waals surface area (Å²) in [6.45, 7) is 5.51. The van der Waals surface area contributed by atoms with Crippen LogP contribution in [0.2, 0.25) is 0 Å². The Morgan fingerprint density at radius 2 is 1.91 bits per heavy atom. The average molecular weight is 456 g/mol. The summed E-state index contributed by atoms with van der Waals surface area (Å²) in [6.07, 6.45) is -3.55. The monoisotopic (exact) mass is 456 g/mol. The van der Waals surface area contributed by atoms with Crippen LogP contribution >= 0.6 is 0 Å². The highest BCUT2D eigenvalue weighted by atomic mass is 19.3. The first-order chi connectivity index (χ1) is 15.6. The van der Waals surface area contributed by atoms with Crippen molar-refractivity contribution < 1.29 is 27.5 Å². The van der Waals surface area contributed by atoms with E-state index in [0.717, 1.165) is 5.56 Å². The van der Waals surface area contributed by atoms with Gasteiger partial charge in [-0.05, 0) is 44.0 Å². The van der Waals surface area contributed by atoms with E-state index < -0.39 is 29.9 Å². The maximum absolute atomic E-state index is 13.3. The maximum atomic E-state index is 13.3. The van der Waals surface area contributed by atoms with Crippen molar-refractivity contribution in [2.75, 3.05) is 0 Å². The Hall–Kier alpha value is -3.82. The van der Waals surface area contributed by atoms with Crippen molar-refractivity contribution in [3.05, 3.63) is 71.1 Å². The van der Waals surface area contributed by atoms with E-state index in [9.17, 15) is 18.4 Å². The van der Waals surface area contributed by atoms with Gasteiger partial charge in [-0.2, -0.15) is 8.78 Å². The standard InChI is InChI=1S/C23H22F2N4O4/c1-23(2,3)33-22(31)29(12-14-7-5-4-6-8-14)28-13-16-10-9-15(11-17(16)21(28)30)19-26-27-20(32-19)18(24)25/h4-11,18H,12-13H2,1-3H3. The van der Waals surface area contributed by atoms with Crippen molar-refractivity contribution in [3.8, 4) is 11.5 Å². The molecule has 0 unspecified atom stereocenters. The maximum Gasteiger partial charge on any atom is 0.429 e. The summed E-state index contributed by atoms with van der Waals surface area (Å²) in [5, 5.41) is 9.53. The number of aromatic nitrogens is 2. The first-order valence-corrected chi connectivity index (χ1v) is 10.2. The quantitative estimate of drug-likeness (QED) is 0.538. The van der Waals surface area contributed by atoms with Gasteiger partial charge in [0.2, 0.25) is 5.89 Å². The summed E-state index contributed by atoms with van der Waals surface area (Å²) in [5.74, 6) is -1.34. The van der Waals surface area contributed by atoms with Gasteiger partial charge in [0.15, 0.2) is 0 Å². The second kappa shape index (κ2) is 8.61. The molecule has 1 aromatic heterocycles. The van der Waals surface area contributed by atoms with Crippen LogP contribution in [0.15, 0.2) is 52.9 Å². The van der Waals surface area contributed by atoms with E-state index in [2.05, 4.69) is 10.2 Å². The number of hydrogen-bond acceptors (Lipinski definition) is 6. The minimum Gasteiger partial charge on any atom is -0.442 e. The van der Waals surface area contributed by atoms with Gasteiger partial charge in [0.25, 0.3) is 11.8 Å². The van der Waals surface area contributed by atoms with Gasteiger partial charge in [-0.1, -0.05) is 36.4 Å². The SMILES string of the molecule is CC(C)(C)OC(=O)N(Cc1ccccc1)N1Cc2ccc(-c3nnc(C(F)F)o3)cc2C1=O. The van der Waals surface area contributed by atoms with Crippen LogP contribution in [-0.2, 0) is 17.8 Å². The van der Waals surface area contributed by atoms with E-state index in [1.54, 1.807) is 32.9 Å². The molecule has 0 saturated heterocycles. The Labute approximate surface area is 188 Å². The normalized spacial score (nSPS) is 13.4. The first-order valence-electron chi connectivity index (χ1n) is 10.2. The number of amides is 2. The van der Waals surface area contributed by atoms with Crippen molar-refractivity contribution >= 4 is 12.0 Å². The minimum absolute atomic E-state index is 0.118. The number of ether oxygens (including phenoxy) is 1. The van der Waals surface area contributed by atoms with E-state index in [4.69, 9.17) is 9.15 Å². The van der Waals surface area contributed by atoms with Crippen LogP contribution in [0.1, 0.15) is 54.6 Å². The number of alkyl halides is 2. The molecule has 3 aromatic rings. The van der Waals surface area contributed by atoms with E-state index in [-0.39, 0.29) is 19.0 Å². The lowest BCUT2D eigenvalue weighted by molar-refractivity contribution is -0.0428. The molecular formula is C23H22F2N4O4. The van der Waals surface area contributed by atoms with Crippen molar-refractivity contribution in [1.29, 1.82) is 0 Å². The third kappa shape index (κ3) is 4.84. The van der Waals surface area contributed by atoms with Crippen LogP contribution in [0.25, 0.3) is 11.5 Å². The molecule has 0 N–H and O–H groups in total. The Morgan fingerprint density at radius 3 is 2.55 bits per heavy atom. The summed E-state index contributed by atoms with van der Waals surface area (Å²) < 4.78 is 36.1. The molecule has 2 heterocycles. The smallest absolute Gasteiger partial charge is 0.429 e. The van der Waals surface area contributed by atoms with Crippen molar-refractivity contribution in [2.24, 2.45) is 0 Å². The van der Waals surface area contributed by atoms with Crippen molar-refractivity contribution in [3.63, 3.8) is 0 Å². The zero-order chi connectivity index (χ0) is 23.8. The number of halogens is 2. The molecule has 2 amide bonds. The number of hydrazine groups is 1. The predicted molar refractivity (Wildman–Crippen MR) is 113 cm³/mol. The van der Waals surface area contributed by atoms with E-state index in [0.29, 0.717) is 16.7 Å². The van der Waals surface area contributed by atoms with Crippen molar-refractivity contribution in [2.45, 2.75) is 45.9 Å². The first kappa shape index (κ1) is 22.4. The molecule has 0 atom stereocenters. The zero-order valence-corrected chi connectivity index (χ0v) is 18.3. The van der Waals surface area contributed by atoms with Crippen LogP contribution in [0.3, 0.4) is 0 Å². The molecule has 8 nitrogen and oxygen atoms in total. The summed E-state index contributed by atoms with van der Waals surface area (Å²) in [7, 11) is 0. The second-order valence-electron chi connectivity index (χ2n) is 8.50. The molecule has 0 radical (unpaired) electrons. The Kier molecular flexibility index (Phi) is 5.84. The number of fused-ring (bicyclic) bond motifs is 1. The summed E-state index contributed by atoms with van der Waals surface area (Å²) in [5.41, 5.74) is 1.37. The van der Waals surface area contributed by atoms with Gasteiger partial charge in [-0.15, -0.1) is 10.2 Å². The second-order valence-corrected chi connectivity index (χ2v) is 8.50. The van der Waals surface area contributed by atoms with Gasteiger partial charge in [0.1, 0.15) is 5.60 Å². The molecule has 10 heteroatoms. The highest BCUT2D eigenvalue weighted by molar-refractivity contribution is 6.00. The van der Waals surface area contributed by atoms with Crippen LogP contribution in [0.4, 0.5) is 13.6 Å². The van der Waals surface area contributed by atoms with Gasteiger partial charge in [0, 0.05) is 11.1 Å². The van der Waals surface area contributed by atoms with Crippen LogP contribution < -0.4 is 0 Å². The number of nitrogens with zero attached hydrogens (tertiary/aromatic N) is 4. The molecule has 0 saturated carbocycles. The van der Waals surface area contributed by atoms with E-state index in [1.807, 2.05) is 30.3 Å². The Balaban J connectivity index is 1.63. The van der Waals surface area contributed by atoms with Gasteiger partial charge >= 0.3 is 12.5 Å². The topological polar surface area (TPSA) is 88.8 Å².